The molecule has 0 atom stereocenters. The molecule has 2 aromatic rings. The van der Waals surface area contributed by atoms with Crippen molar-refractivity contribution in [1.82, 2.24) is 5.16 Å². The smallest absolute Gasteiger partial charge is 0.345 e. The summed E-state index contributed by atoms with van der Waals surface area (Å²) in [4.78, 5) is 0. The largest absolute Gasteiger partial charge is 0.416 e. The van der Waals surface area contributed by atoms with Gasteiger partial charge in [-0.15, -0.1) is 6.42 Å². The van der Waals surface area contributed by atoms with Gasteiger partial charge in [-0.25, -0.2) is 0 Å². The molecule has 0 saturated carbocycles. The third-order valence-corrected chi connectivity index (χ3v) is 2.60. The molecule has 6 heteroatoms. The van der Waals surface area contributed by atoms with Gasteiger partial charge in [0.1, 0.15) is 10.7 Å². The minimum atomic E-state index is -4.38. The molecule has 0 aliphatic heterocycles. The fourth-order valence-electron chi connectivity index (χ4n) is 1.37. The number of alkyl halides is 3. The second kappa shape index (κ2) is 4.39. The van der Waals surface area contributed by atoms with Crippen LogP contribution in [-0.4, -0.2) is 5.16 Å². The monoisotopic (exact) mass is 271 g/mol. The molecular weight excluding hydrogens is 267 g/mol. The van der Waals surface area contributed by atoms with Gasteiger partial charge in [0, 0.05) is 5.56 Å². The lowest BCUT2D eigenvalue weighted by molar-refractivity contribution is -0.137. The predicted molar refractivity (Wildman–Crippen MR) is 59.9 cm³/mol. The van der Waals surface area contributed by atoms with Gasteiger partial charge in [0.15, 0.2) is 0 Å². The fourth-order valence-corrected chi connectivity index (χ4v) is 1.60. The van der Waals surface area contributed by atoms with Gasteiger partial charge < -0.3 is 4.52 Å². The lowest BCUT2D eigenvalue weighted by atomic mass is 10.1. The van der Waals surface area contributed by atoms with Crippen molar-refractivity contribution in [2.45, 2.75) is 6.18 Å². The molecule has 2 nitrogen and oxygen atoms in total. The molecule has 0 aliphatic carbocycles. The van der Waals surface area contributed by atoms with Gasteiger partial charge in [-0.1, -0.05) is 28.9 Å². The van der Waals surface area contributed by atoms with Crippen molar-refractivity contribution in [2.75, 3.05) is 0 Å². The summed E-state index contributed by atoms with van der Waals surface area (Å²) in [5.41, 5.74) is -0.125. The third-order valence-electron chi connectivity index (χ3n) is 2.25. The molecule has 1 aromatic carbocycles. The van der Waals surface area contributed by atoms with Gasteiger partial charge in [0.25, 0.3) is 0 Å². The molecule has 92 valence electrons. The summed E-state index contributed by atoms with van der Waals surface area (Å²) in [6, 6.07) is 4.39. The first-order valence-corrected chi connectivity index (χ1v) is 5.10. The molecule has 2 rings (SSSR count). The quantitative estimate of drug-likeness (QED) is 0.733. The Morgan fingerprint density at radius 1 is 1.22 bits per heavy atom. The second-order valence-corrected chi connectivity index (χ2v) is 3.77. The first-order chi connectivity index (χ1) is 8.43. The minimum absolute atomic E-state index is 0.0477. The van der Waals surface area contributed by atoms with E-state index in [9.17, 15) is 13.2 Å². The Kier molecular flexibility index (Phi) is 3.05. The van der Waals surface area contributed by atoms with Crippen molar-refractivity contribution in [1.29, 1.82) is 0 Å². The van der Waals surface area contributed by atoms with Crippen molar-refractivity contribution in [3.05, 3.63) is 40.6 Å². The average molecular weight is 272 g/mol. The Bertz CT molecular complexity index is 608. The van der Waals surface area contributed by atoms with E-state index in [1.54, 1.807) is 0 Å². The Hall–Kier alpha value is -1.93. The predicted octanol–water partition coefficient (Wildman–Crippen LogP) is 4.00. The number of aromatic nitrogens is 1. The normalized spacial score (nSPS) is 11.3. The molecule has 0 bridgehead atoms. The van der Waals surface area contributed by atoms with Crippen LogP contribution in [0.3, 0.4) is 0 Å². The summed E-state index contributed by atoms with van der Waals surface area (Å²) in [7, 11) is 0. The highest BCUT2D eigenvalue weighted by Crippen LogP contribution is 2.33. The van der Waals surface area contributed by atoms with E-state index < -0.39 is 11.7 Å². The number of hydrogen-bond acceptors (Lipinski definition) is 2. The summed E-state index contributed by atoms with van der Waals surface area (Å²) in [6.07, 6.45) is 0.727. The molecule has 1 aromatic heterocycles. The van der Waals surface area contributed by atoms with Crippen LogP contribution in [0.4, 0.5) is 13.2 Å². The van der Waals surface area contributed by atoms with E-state index in [-0.39, 0.29) is 16.5 Å². The number of rotatable bonds is 1. The van der Waals surface area contributed by atoms with Crippen LogP contribution in [-0.2, 0) is 6.18 Å². The van der Waals surface area contributed by atoms with Gasteiger partial charge in [0.2, 0.25) is 5.76 Å². The summed E-state index contributed by atoms with van der Waals surface area (Å²) < 4.78 is 41.9. The van der Waals surface area contributed by atoms with E-state index >= 15 is 0 Å². The molecule has 0 aliphatic rings. The second-order valence-electron chi connectivity index (χ2n) is 3.39. The van der Waals surface area contributed by atoms with Gasteiger partial charge in [-0.05, 0) is 18.1 Å². The number of halogens is 4. The van der Waals surface area contributed by atoms with Crippen LogP contribution in [0.15, 0.2) is 28.8 Å². The first kappa shape index (κ1) is 12.5. The Labute approximate surface area is 105 Å². The number of benzene rings is 1. The maximum Gasteiger partial charge on any atom is 0.416 e. The highest BCUT2D eigenvalue weighted by molar-refractivity contribution is 6.33. The summed E-state index contributed by atoms with van der Waals surface area (Å²) >= 11 is 5.87. The summed E-state index contributed by atoms with van der Waals surface area (Å²) in [5.74, 6) is 2.23. The van der Waals surface area contributed by atoms with E-state index in [1.807, 2.05) is 0 Å². The highest BCUT2D eigenvalue weighted by Gasteiger charge is 2.30. The van der Waals surface area contributed by atoms with Crippen LogP contribution in [0, 0.1) is 12.3 Å². The zero-order valence-corrected chi connectivity index (χ0v) is 9.51. The van der Waals surface area contributed by atoms with Gasteiger partial charge >= 0.3 is 6.18 Å². The van der Waals surface area contributed by atoms with Crippen molar-refractivity contribution < 1.29 is 17.7 Å². The Morgan fingerprint density at radius 3 is 2.28 bits per heavy atom. The van der Waals surface area contributed by atoms with E-state index in [0.29, 0.717) is 5.56 Å². The molecule has 0 spiro atoms. The first-order valence-electron chi connectivity index (χ1n) is 4.73. The van der Waals surface area contributed by atoms with Crippen molar-refractivity contribution in [3.63, 3.8) is 0 Å². The van der Waals surface area contributed by atoms with Crippen molar-refractivity contribution >= 4 is 11.6 Å². The summed E-state index contributed by atoms with van der Waals surface area (Å²) in [6.45, 7) is 0. The van der Waals surface area contributed by atoms with Crippen molar-refractivity contribution in [2.24, 2.45) is 0 Å². The molecule has 0 unspecified atom stereocenters. The third kappa shape index (κ3) is 2.20. The van der Waals surface area contributed by atoms with Crippen LogP contribution in [0.5, 0.6) is 0 Å². The SMILES string of the molecule is C#Cc1onc(-c2ccc(C(F)(F)F)cc2)c1Cl. The lowest BCUT2D eigenvalue weighted by Gasteiger charge is -2.06. The van der Waals surface area contributed by atoms with E-state index in [0.717, 1.165) is 12.1 Å². The van der Waals surface area contributed by atoms with Gasteiger partial charge in [-0.3, -0.25) is 0 Å². The van der Waals surface area contributed by atoms with Gasteiger partial charge in [0.05, 0.1) is 5.56 Å². The molecule has 0 N–H and O–H groups in total. The van der Waals surface area contributed by atoms with Gasteiger partial charge in [-0.2, -0.15) is 13.2 Å². The van der Waals surface area contributed by atoms with E-state index in [4.69, 9.17) is 22.5 Å². The van der Waals surface area contributed by atoms with Crippen LogP contribution in [0.1, 0.15) is 11.3 Å². The molecule has 0 radical (unpaired) electrons. The van der Waals surface area contributed by atoms with E-state index in [2.05, 4.69) is 11.1 Å². The highest BCUT2D eigenvalue weighted by atomic mass is 35.5. The van der Waals surface area contributed by atoms with E-state index in [1.165, 1.54) is 12.1 Å². The summed E-state index contributed by atoms with van der Waals surface area (Å²) in [5, 5.41) is 3.73. The number of nitrogens with zero attached hydrogens (tertiary/aromatic N) is 1. The van der Waals surface area contributed by atoms with Crippen LogP contribution in [0.25, 0.3) is 11.3 Å². The number of hydrogen-bond donors (Lipinski definition) is 0. The van der Waals surface area contributed by atoms with Crippen LogP contribution >= 0.6 is 11.6 Å². The molecule has 18 heavy (non-hydrogen) atoms. The molecule has 0 fully saturated rings. The Balaban J connectivity index is 2.41. The standard InChI is InChI=1S/C12H5ClF3NO/c1-2-9-10(13)11(17-18-9)7-3-5-8(6-4-7)12(14,15)16/h1,3-6H. The van der Waals surface area contributed by atoms with Crippen LogP contribution in [0.2, 0.25) is 5.02 Å². The average Bonchev–Trinajstić information content (AvgIpc) is 2.69. The topological polar surface area (TPSA) is 26.0 Å². The maximum atomic E-state index is 12.4. The minimum Gasteiger partial charge on any atom is -0.345 e. The molecule has 0 saturated heterocycles. The Morgan fingerprint density at radius 2 is 1.83 bits per heavy atom. The van der Waals surface area contributed by atoms with Crippen molar-refractivity contribution in [3.8, 4) is 23.6 Å². The fraction of sp³-hybridized carbons (Fsp3) is 0.0833. The number of terminal acetylenes is 1. The zero-order valence-electron chi connectivity index (χ0n) is 8.75. The molecular formula is C12H5ClF3NO. The van der Waals surface area contributed by atoms with Crippen LogP contribution < -0.4 is 0 Å². The maximum absolute atomic E-state index is 12.4. The zero-order chi connectivity index (χ0) is 13.3. The molecule has 1 heterocycles. The molecule has 0 amide bonds. The lowest BCUT2D eigenvalue weighted by Crippen LogP contribution is -2.04.